The molecule has 0 aliphatic heterocycles. The van der Waals surface area contributed by atoms with E-state index in [1.807, 2.05) is 0 Å². The third-order valence-corrected chi connectivity index (χ3v) is 12.0. The Balaban J connectivity index is 1.27. The number of hydrogen-bond donors (Lipinski definition) is 4. The first kappa shape index (κ1) is 28.2. The highest BCUT2D eigenvalue weighted by Crippen LogP contribution is 2.68. The fourth-order valence-electron chi connectivity index (χ4n) is 9.68. The average Bonchev–Trinajstić information content (AvgIpc) is 3.23. The fourth-order valence-corrected chi connectivity index (χ4v) is 9.85. The Bertz CT molecular complexity index is 1040. The van der Waals surface area contributed by atoms with Gasteiger partial charge in [0.15, 0.2) is 0 Å². The molecule has 212 valence electrons. The molecule has 1 aromatic carbocycles. The number of halogens is 1. The summed E-state index contributed by atoms with van der Waals surface area (Å²) < 4.78 is 5.36. The molecule has 1 aromatic rings. The molecule has 0 aromatic heterocycles. The van der Waals surface area contributed by atoms with Crippen molar-refractivity contribution in [2.75, 3.05) is 12.4 Å². The van der Waals surface area contributed by atoms with Gasteiger partial charge in [-0.2, -0.15) is 0 Å². The SMILES string of the molecule is COc1ccc(Cl)cc1NC(=O)CC[C@@H](C)[C@H]1CCC2C3C(C[C@H](O)[C@@]21C)[C@@]1(C)CC[C@@H](O)CC1C[C@H]3O. The third-order valence-electron chi connectivity index (χ3n) is 11.8. The molecule has 0 heterocycles. The van der Waals surface area contributed by atoms with Crippen LogP contribution < -0.4 is 10.1 Å². The number of amides is 1. The van der Waals surface area contributed by atoms with Gasteiger partial charge in [-0.15, -0.1) is 0 Å². The Morgan fingerprint density at radius 2 is 1.89 bits per heavy atom. The number of nitrogens with one attached hydrogen (secondary N) is 1. The van der Waals surface area contributed by atoms with E-state index in [0.29, 0.717) is 40.6 Å². The number of anilines is 1. The summed E-state index contributed by atoms with van der Waals surface area (Å²) in [6.45, 7) is 6.85. The molecule has 4 aliphatic carbocycles. The summed E-state index contributed by atoms with van der Waals surface area (Å²) in [6, 6.07) is 5.18. The minimum absolute atomic E-state index is 0.0671. The van der Waals surface area contributed by atoms with Gasteiger partial charge in [-0.25, -0.2) is 0 Å². The Kier molecular flexibility index (Phi) is 7.84. The van der Waals surface area contributed by atoms with E-state index in [1.54, 1.807) is 25.3 Å². The second kappa shape index (κ2) is 10.6. The van der Waals surface area contributed by atoms with Gasteiger partial charge in [0.05, 0.1) is 31.1 Å². The maximum Gasteiger partial charge on any atom is 0.224 e. The number of methoxy groups -OCH3 is 1. The number of aliphatic hydroxyl groups excluding tert-OH is 3. The molecule has 4 fully saturated rings. The quantitative estimate of drug-likeness (QED) is 0.368. The van der Waals surface area contributed by atoms with Crippen LogP contribution in [0, 0.1) is 46.3 Å². The summed E-state index contributed by atoms with van der Waals surface area (Å²) >= 11 is 6.12. The zero-order chi connectivity index (χ0) is 27.4. The van der Waals surface area contributed by atoms with Crippen LogP contribution in [0.4, 0.5) is 5.69 Å². The Labute approximate surface area is 232 Å². The van der Waals surface area contributed by atoms with Gasteiger partial charge in [0.1, 0.15) is 5.75 Å². The molecule has 0 saturated heterocycles. The lowest BCUT2D eigenvalue weighted by Crippen LogP contribution is -2.62. The predicted octanol–water partition coefficient (Wildman–Crippen LogP) is 5.66. The molecule has 7 heteroatoms. The Hall–Kier alpha value is -1.34. The van der Waals surface area contributed by atoms with Gasteiger partial charge >= 0.3 is 0 Å². The van der Waals surface area contributed by atoms with E-state index in [2.05, 4.69) is 26.1 Å². The molecule has 11 atom stereocenters. The van der Waals surface area contributed by atoms with Crippen molar-refractivity contribution < 1.29 is 24.9 Å². The number of ether oxygens (including phenoxy) is 1. The number of aliphatic hydroxyl groups is 3. The van der Waals surface area contributed by atoms with Crippen LogP contribution in [-0.4, -0.2) is 46.6 Å². The van der Waals surface area contributed by atoms with E-state index in [0.717, 1.165) is 51.4 Å². The standard InChI is InChI=1S/C31H46ClNO5/c1-17(5-10-28(37)33-24-15-19(32)6-9-26(24)38-4)21-7-8-22-29-23(16-27(36)31(21,22)3)30(2)12-11-20(34)13-18(30)14-25(29)35/h6,9,15,17-18,20-23,25,27,29,34-36H,5,7-8,10-14,16H2,1-4H3,(H,33,37)/t17-,18?,20-,21-,22?,23?,25-,27+,29?,30+,31-/m1/s1. The van der Waals surface area contributed by atoms with Crippen molar-refractivity contribution >= 4 is 23.2 Å². The number of hydrogen-bond acceptors (Lipinski definition) is 5. The zero-order valence-electron chi connectivity index (χ0n) is 23.3. The third kappa shape index (κ3) is 4.67. The number of carbonyl (C=O) groups excluding carboxylic acids is 1. The van der Waals surface area contributed by atoms with E-state index >= 15 is 0 Å². The van der Waals surface area contributed by atoms with Crippen molar-refractivity contribution in [2.45, 2.75) is 96.9 Å². The minimum Gasteiger partial charge on any atom is -0.495 e. The van der Waals surface area contributed by atoms with Crippen molar-refractivity contribution in [3.05, 3.63) is 23.2 Å². The molecule has 38 heavy (non-hydrogen) atoms. The van der Waals surface area contributed by atoms with Crippen LogP contribution in [0.1, 0.15) is 78.6 Å². The lowest BCUT2D eigenvalue weighted by Gasteiger charge is -2.63. The number of fused-ring (bicyclic) bond motifs is 5. The van der Waals surface area contributed by atoms with Crippen molar-refractivity contribution in [3.8, 4) is 5.75 Å². The number of benzene rings is 1. The van der Waals surface area contributed by atoms with Crippen molar-refractivity contribution in [3.63, 3.8) is 0 Å². The van der Waals surface area contributed by atoms with Crippen molar-refractivity contribution in [2.24, 2.45) is 46.3 Å². The molecular weight excluding hydrogens is 502 g/mol. The molecule has 6 nitrogen and oxygen atoms in total. The van der Waals surface area contributed by atoms with Gasteiger partial charge < -0.3 is 25.4 Å². The maximum absolute atomic E-state index is 12.9. The first-order valence-electron chi connectivity index (χ1n) is 14.7. The van der Waals surface area contributed by atoms with Gasteiger partial charge in [0.25, 0.3) is 0 Å². The second-order valence-electron chi connectivity index (χ2n) is 13.4. The summed E-state index contributed by atoms with van der Waals surface area (Å²) in [7, 11) is 1.57. The van der Waals surface area contributed by atoms with Crippen LogP contribution in [0.25, 0.3) is 0 Å². The molecule has 0 bridgehead atoms. The van der Waals surface area contributed by atoms with E-state index in [-0.39, 0.29) is 46.7 Å². The lowest BCUT2D eigenvalue weighted by atomic mass is 9.43. The van der Waals surface area contributed by atoms with E-state index < -0.39 is 6.10 Å². The topological polar surface area (TPSA) is 99.0 Å². The predicted molar refractivity (Wildman–Crippen MR) is 149 cm³/mol. The molecule has 4 unspecified atom stereocenters. The zero-order valence-corrected chi connectivity index (χ0v) is 24.1. The number of rotatable bonds is 6. The molecule has 0 radical (unpaired) electrons. The molecule has 5 rings (SSSR count). The highest BCUT2D eigenvalue weighted by Gasteiger charge is 2.65. The molecule has 0 spiro atoms. The van der Waals surface area contributed by atoms with Crippen LogP contribution in [0.5, 0.6) is 5.75 Å². The molecule has 1 amide bonds. The summed E-state index contributed by atoms with van der Waals surface area (Å²) in [6.07, 6.45) is 6.22. The first-order valence-corrected chi connectivity index (χ1v) is 15.0. The van der Waals surface area contributed by atoms with Crippen molar-refractivity contribution in [1.82, 2.24) is 0 Å². The molecule has 4 saturated carbocycles. The number of carbonyl (C=O) groups is 1. The summed E-state index contributed by atoms with van der Waals surface area (Å²) in [5.41, 5.74) is 0.396. The van der Waals surface area contributed by atoms with Crippen LogP contribution in [0.3, 0.4) is 0 Å². The van der Waals surface area contributed by atoms with Crippen LogP contribution in [-0.2, 0) is 4.79 Å². The van der Waals surface area contributed by atoms with E-state index in [1.165, 1.54) is 0 Å². The normalized spacial score (nSPS) is 42.9. The van der Waals surface area contributed by atoms with Crippen LogP contribution in [0.2, 0.25) is 5.02 Å². The minimum atomic E-state index is -0.414. The monoisotopic (exact) mass is 547 g/mol. The highest BCUT2D eigenvalue weighted by atomic mass is 35.5. The first-order chi connectivity index (χ1) is 18.0. The smallest absolute Gasteiger partial charge is 0.224 e. The molecular formula is C31H46ClNO5. The van der Waals surface area contributed by atoms with Gasteiger partial charge in [-0.05, 0) is 116 Å². The molecule has 4 N–H and O–H groups in total. The van der Waals surface area contributed by atoms with E-state index in [9.17, 15) is 20.1 Å². The van der Waals surface area contributed by atoms with Gasteiger partial charge in [-0.1, -0.05) is 32.4 Å². The Morgan fingerprint density at radius 1 is 1.13 bits per heavy atom. The lowest BCUT2D eigenvalue weighted by molar-refractivity contribution is -0.207. The highest BCUT2D eigenvalue weighted by molar-refractivity contribution is 6.31. The van der Waals surface area contributed by atoms with Crippen LogP contribution in [0.15, 0.2) is 18.2 Å². The average molecular weight is 548 g/mol. The maximum atomic E-state index is 12.9. The van der Waals surface area contributed by atoms with Gasteiger partial charge in [0.2, 0.25) is 5.91 Å². The van der Waals surface area contributed by atoms with E-state index in [4.69, 9.17) is 16.3 Å². The van der Waals surface area contributed by atoms with Crippen molar-refractivity contribution in [1.29, 1.82) is 0 Å². The Morgan fingerprint density at radius 3 is 2.63 bits per heavy atom. The van der Waals surface area contributed by atoms with Gasteiger partial charge in [0, 0.05) is 11.4 Å². The van der Waals surface area contributed by atoms with Crippen LogP contribution >= 0.6 is 11.6 Å². The van der Waals surface area contributed by atoms with Gasteiger partial charge in [-0.3, -0.25) is 4.79 Å². The summed E-state index contributed by atoms with van der Waals surface area (Å²) in [5.74, 6) is 2.21. The second-order valence-corrected chi connectivity index (χ2v) is 13.9. The molecule has 4 aliphatic rings. The summed E-state index contributed by atoms with van der Waals surface area (Å²) in [4.78, 5) is 12.9. The largest absolute Gasteiger partial charge is 0.495 e. The summed E-state index contributed by atoms with van der Waals surface area (Å²) in [5, 5.41) is 37.0. The fraction of sp³-hybridized carbons (Fsp3) is 0.774.